The molecule has 0 radical (unpaired) electrons. The molecule has 1 amide bonds. The Morgan fingerprint density at radius 1 is 0.921 bits per heavy atom. The Morgan fingerprint density at radius 3 is 2.08 bits per heavy atom. The van der Waals surface area contributed by atoms with Crippen LogP contribution in [0.4, 0.5) is 0 Å². The topological polar surface area (TPSA) is 78.9 Å². The smallest absolute Gasteiger partial charge is 0.244 e. The van der Waals surface area contributed by atoms with Gasteiger partial charge >= 0.3 is 0 Å². The summed E-state index contributed by atoms with van der Waals surface area (Å²) < 4.78 is 22.1. The number of benzene rings is 2. The molecule has 1 atom stereocenters. The molecule has 1 aromatic heterocycles. The molecule has 7 nitrogen and oxygen atoms in total. The maximum absolute atomic E-state index is 12.6. The van der Waals surface area contributed by atoms with Crippen molar-refractivity contribution in [3.63, 3.8) is 0 Å². The molecule has 3 rings (SSSR count). The van der Waals surface area contributed by atoms with Gasteiger partial charge in [-0.15, -0.1) is 0 Å². The fourth-order valence-corrected chi connectivity index (χ4v) is 4.12. The molecule has 7 heteroatoms. The number of rotatable bonds is 13. The van der Waals surface area contributed by atoms with E-state index in [1.807, 2.05) is 61.7 Å². The Hall–Kier alpha value is -4.26. The zero-order valence-corrected chi connectivity index (χ0v) is 22.7. The Bertz CT molecular complexity index is 1200. The van der Waals surface area contributed by atoms with Crippen LogP contribution in [0.15, 0.2) is 79.2 Å². The highest BCUT2D eigenvalue weighted by Crippen LogP contribution is 2.39. The average Bonchev–Trinajstić information content (AvgIpc) is 2.95. The number of hydrogen-bond donors (Lipinski definition) is 1. The van der Waals surface area contributed by atoms with E-state index in [1.54, 1.807) is 40.7 Å². The lowest BCUT2D eigenvalue weighted by molar-refractivity contribution is -0.117. The van der Waals surface area contributed by atoms with Gasteiger partial charge < -0.3 is 24.3 Å². The van der Waals surface area contributed by atoms with Crippen LogP contribution in [0.25, 0.3) is 5.57 Å². The third-order valence-electron chi connectivity index (χ3n) is 6.12. The summed E-state index contributed by atoms with van der Waals surface area (Å²) in [5.41, 5.74) is 3.67. The van der Waals surface area contributed by atoms with Crippen molar-refractivity contribution < 1.29 is 23.7 Å². The first-order valence-electron chi connectivity index (χ1n) is 12.5. The first-order valence-corrected chi connectivity index (χ1v) is 12.5. The second-order valence-corrected chi connectivity index (χ2v) is 8.74. The maximum Gasteiger partial charge on any atom is 0.244 e. The number of nitrogens with one attached hydrogen (secondary N) is 1. The van der Waals surface area contributed by atoms with E-state index in [0.717, 1.165) is 36.0 Å². The SMILES string of the molecule is COc1ccc(C(=CC=CC(=O)N[C@H](C)CCCc2cccnc2)c2ccc(OC)cc2OC)c(OC)c1. The van der Waals surface area contributed by atoms with Gasteiger partial charge in [0.1, 0.15) is 23.0 Å². The monoisotopic (exact) mass is 516 g/mol. The first kappa shape index (κ1) is 28.3. The zero-order chi connectivity index (χ0) is 27.3. The molecule has 1 N–H and O–H groups in total. The van der Waals surface area contributed by atoms with Gasteiger partial charge in [-0.25, -0.2) is 0 Å². The van der Waals surface area contributed by atoms with E-state index in [0.29, 0.717) is 23.0 Å². The van der Waals surface area contributed by atoms with E-state index < -0.39 is 0 Å². The summed E-state index contributed by atoms with van der Waals surface area (Å²) in [6.07, 6.45) is 11.6. The fourth-order valence-electron chi connectivity index (χ4n) is 4.12. The van der Waals surface area contributed by atoms with Gasteiger partial charge in [0.05, 0.1) is 28.4 Å². The van der Waals surface area contributed by atoms with Crippen molar-refractivity contribution >= 4 is 11.5 Å². The molecule has 3 aromatic rings. The fraction of sp³-hybridized carbons (Fsp3) is 0.290. The molecule has 1 heterocycles. The van der Waals surface area contributed by atoms with E-state index in [-0.39, 0.29) is 11.9 Å². The number of aryl methyl sites for hydroxylation is 1. The lowest BCUT2D eigenvalue weighted by Crippen LogP contribution is -2.31. The van der Waals surface area contributed by atoms with Crippen molar-refractivity contribution in [2.75, 3.05) is 28.4 Å². The number of allylic oxidation sites excluding steroid dienone is 2. The van der Waals surface area contributed by atoms with Crippen LogP contribution in [0.2, 0.25) is 0 Å². The summed E-state index contributed by atoms with van der Waals surface area (Å²) in [4.78, 5) is 16.8. The van der Waals surface area contributed by atoms with Crippen molar-refractivity contribution in [3.05, 3.63) is 95.8 Å². The lowest BCUT2D eigenvalue weighted by Gasteiger charge is -2.17. The predicted molar refractivity (Wildman–Crippen MR) is 150 cm³/mol. The largest absolute Gasteiger partial charge is 0.497 e. The minimum atomic E-state index is -0.155. The Labute approximate surface area is 225 Å². The normalized spacial score (nSPS) is 11.5. The van der Waals surface area contributed by atoms with Gasteiger partial charge in [0, 0.05) is 47.8 Å². The van der Waals surface area contributed by atoms with E-state index in [1.165, 1.54) is 11.6 Å². The Balaban J connectivity index is 1.80. The highest BCUT2D eigenvalue weighted by atomic mass is 16.5. The summed E-state index contributed by atoms with van der Waals surface area (Å²) in [6.45, 7) is 2.01. The Morgan fingerprint density at radius 2 is 1.55 bits per heavy atom. The van der Waals surface area contributed by atoms with E-state index in [9.17, 15) is 4.79 Å². The molecular formula is C31H36N2O5. The van der Waals surface area contributed by atoms with Crippen LogP contribution >= 0.6 is 0 Å². The van der Waals surface area contributed by atoms with Gasteiger partial charge in [-0.3, -0.25) is 9.78 Å². The van der Waals surface area contributed by atoms with Crippen LogP contribution in [0.1, 0.15) is 36.5 Å². The summed E-state index contributed by atoms with van der Waals surface area (Å²) >= 11 is 0. The molecule has 0 saturated carbocycles. The number of ether oxygens (including phenoxy) is 4. The van der Waals surface area contributed by atoms with Crippen LogP contribution in [0.5, 0.6) is 23.0 Å². The molecule has 0 aliphatic heterocycles. The number of carbonyl (C=O) groups is 1. The van der Waals surface area contributed by atoms with Gasteiger partial charge in [0.15, 0.2) is 0 Å². The predicted octanol–water partition coefficient (Wildman–Crippen LogP) is 5.63. The van der Waals surface area contributed by atoms with Crippen molar-refractivity contribution in [3.8, 4) is 23.0 Å². The van der Waals surface area contributed by atoms with E-state index in [4.69, 9.17) is 18.9 Å². The first-order chi connectivity index (χ1) is 18.5. The van der Waals surface area contributed by atoms with Crippen LogP contribution in [-0.4, -0.2) is 45.4 Å². The number of pyridine rings is 1. The third-order valence-corrected chi connectivity index (χ3v) is 6.12. The van der Waals surface area contributed by atoms with Crippen molar-refractivity contribution in [1.82, 2.24) is 10.3 Å². The summed E-state index contributed by atoms with van der Waals surface area (Å²) in [5, 5.41) is 3.04. The van der Waals surface area contributed by atoms with E-state index in [2.05, 4.69) is 16.4 Å². The second kappa shape index (κ2) is 14.5. The molecule has 200 valence electrons. The number of carbonyl (C=O) groups excluding carboxylic acids is 1. The highest BCUT2D eigenvalue weighted by molar-refractivity contribution is 5.90. The summed E-state index contributed by atoms with van der Waals surface area (Å²) in [6, 6.07) is 15.3. The van der Waals surface area contributed by atoms with E-state index >= 15 is 0 Å². The number of nitrogens with zero attached hydrogens (tertiary/aromatic N) is 1. The Kier molecular flexibility index (Phi) is 10.8. The minimum absolute atomic E-state index is 0.0515. The molecule has 0 aliphatic carbocycles. The standard InChI is InChI=1S/C31H36N2O5/c1-22(9-6-10-23-11-8-18-32-21-23)33-31(34)13-7-12-26(27-16-14-24(35-2)19-29(27)37-4)28-17-15-25(36-3)20-30(28)38-5/h7-8,11-22H,6,9-10H2,1-5H3,(H,33,34)/t22-/m1/s1. The van der Waals surface area contributed by atoms with Crippen LogP contribution in [0, 0.1) is 0 Å². The third kappa shape index (κ3) is 7.87. The molecule has 0 bridgehead atoms. The van der Waals surface area contributed by atoms with Gasteiger partial charge in [-0.2, -0.15) is 0 Å². The second-order valence-electron chi connectivity index (χ2n) is 8.74. The summed E-state index contributed by atoms with van der Waals surface area (Å²) in [7, 11) is 6.44. The van der Waals surface area contributed by atoms with Crippen molar-refractivity contribution in [2.24, 2.45) is 0 Å². The quantitative estimate of drug-likeness (QED) is 0.234. The number of amides is 1. The molecule has 0 fully saturated rings. The molecule has 0 aliphatic rings. The van der Waals surface area contributed by atoms with Crippen LogP contribution in [0.3, 0.4) is 0 Å². The highest BCUT2D eigenvalue weighted by Gasteiger charge is 2.16. The van der Waals surface area contributed by atoms with Crippen LogP contribution < -0.4 is 24.3 Å². The molecule has 0 saturated heterocycles. The van der Waals surface area contributed by atoms with Gasteiger partial charge in [0.25, 0.3) is 0 Å². The molecule has 2 aromatic carbocycles. The minimum Gasteiger partial charge on any atom is -0.497 e. The number of hydrogen-bond acceptors (Lipinski definition) is 6. The van der Waals surface area contributed by atoms with Gasteiger partial charge in [-0.05, 0) is 67.7 Å². The van der Waals surface area contributed by atoms with Crippen molar-refractivity contribution in [1.29, 1.82) is 0 Å². The average molecular weight is 517 g/mol. The molecule has 38 heavy (non-hydrogen) atoms. The lowest BCUT2D eigenvalue weighted by atomic mass is 9.95. The maximum atomic E-state index is 12.6. The molecule has 0 spiro atoms. The summed E-state index contributed by atoms with van der Waals surface area (Å²) in [5.74, 6) is 2.47. The number of methoxy groups -OCH3 is 4. The molecule has 0 unspecified atom stereocenters. The van der Waals surface area contributed by atoms with Gasteiger partial charge in [-0.1, -0.05) is 18.2 Å². The zero-order valence-electron chi connectivity index (χ0n) is 22.7. The molecular weight excluding hydrogens is 480 g/mol. The van der Waals surface area contributed by atoms with Crippen molar-refractivity contribution in [2.45, 2.75) is 32.2 Å². The number of aromatic nitrogens is 1. The van der Waals surface area contributed by atoms with Crippen LogP contribution in [-0.2, 0) is 11.2 Å². The van der Waals surface area contributed by atoms with Gasteiger partial charge in [0.2, 0.25) is 5.91 Å².